The van der Waals surface area contributed by atoms with Gasteiger partial charge in [0.25, 0.3) is 11.8 Å². The smallest absolute Gasteiger partial charge is 0.254 e. The number of carbonyl (C=O) groups excluding carboxylic acids is 4. The van der Waals surface area contributed by atoms with Crippen LogP contribution in [0.5, 0.6) is 0 Å². The fourth-order valence-electron chi connectivity index (χ4n) is 8.99. The number of nitrogens with zero attached hydrogens (tertiary/aromatic N) is 6. The summed E-state index contributed by atoms with van der Waals surface area (Å²) in [6.45, 7) is 14.0. The molecule has 4 aromatic carbocycles. The van der Waals surface area contributed by atoms with Gasteiger partial charge in [0.15, 0.2) is 0 Å². The van der Waals surface area contributed by atoms with Crippen molar-refractivity contribution in [2.75, 3.05) is 83.3 Å². The molecule has 4 amide bonds. The number of ether oxygens (including phenoxy) is 2. The standard InChI is InChI=1S/C60H72Cl2F2N14O10S2/c1-35-31-65-57(73-53(35)67-41-11-15-45(61)49(29-41)75-89(83,84)59(3,4)5)71-39-9-13-43(47(63)27-39)55(81)69-37-17-21-77(22-18-37)51(79)33-87-25-26-88-34-52(80)78-23-19-38(20-24-78)70-56(82)44-14-10-40(28-48(44)64)72-58-66-32-36(2)54(74-58)68-42-12-16-46(62)50(30-42)76-90(85,86)60(6,7)8/h9-16,27-32,37-38,75-76H,17-26,33-34H2,1-8H3,(H,69,81)(H,70,82)(H2,65,67,71,73)(H2,66,68,72,74). The van der Waals surface area contributed by atoms with E-state index in [0.29, 0.717) is 86.0 Å². The van der Waals surface area contributed by atoms with Crippen LogP contribution in [0.2, 0.25) is 10.0 Å². The molecule has 6 aromatic rings. The van der Waals surface area contributed by atoms with Gasteiger partial charge in [0.2, 0.25) is 43.8 Å². The first-order valence-corrected chi connectivity index (χ1v) is 32.4. The molecule has 24 nitrogen and oxygen atoms in total. The molecule has 0 spiro atoms. The molecular formula is C60H72Cl2F2N14O10S2. The molecule has 30 heteroatoms. The van der Waals surface area contributed by atoms with Gasteiger partial charge in [-0.05, 0) is 154 Å². The fraction of sp³-hybridized carbons (Fsp3) is 0.400. The second-order valence-corrected chi connectivity index (χ2v) is 29.2. The summed E-state index contributed by atoms with van der Waals surface area (Å²) < 4.78 is 96.0. The number of nitrogens with one attached hydrogen (secondary N) is 8. The summed E-state index contributed by atoms with van der Waals surface area (Å²) in [6.07, 6.45) is 4.84. The number of amides is 4. The summed E-state index contributed by atoms with van der Waals surface area (Å²) >= 11 is 12.6. The summed E-state index contributed by atoms with van der Waals surface area (Å²) in [5.41, 5.74) is 2.86. The van der Waals surface area contributed by atoms with Crippen molar-refractivity contribution in [2.24, 2.45) is 0 Å². The average Bonchev–Trinajstić information content (AvgIpc) is 1.33. The second kappa shape index (κ2) is 28.9. The lowest BCUT2D eigenvalue weighted by Crippen LogP contribution is -2.47. The van der Waals surface area contributed by atoms with E-state index >= 15 is 8.78 Å². The predicted octanol–water partition coefficient (Wildman–Crippen LogP) is 9.70. The number of anilines is 10. The highest BCUT2D eigenvalue weighted by Gasteiger charge is 2.32. The van der Waals surface area contributed by atoms with Crippen LogP contribution in [0.15, 0.2) is 85.2 Å². The third-order valence-corrected chi connectivity index (χ3v) is 19.5. The summed E-state index contributed by atoms with van der Waals surface area (Å²) in [5, 5.41) is 18.3. The highest BCUT2D eigenvalue weighted by molar-refractivity contribution is 7.94. The largest absolute Gasteiger partial charge is 0.369 e. The van der Waals surface area contributed by atoms with Crippen molar-refractivity contribution in [3.63, 3.8) is 0 Å². The molecule has 0 aliphatic carbocycles. The Morgan fingerprint density at radius 2 is 0.889 bits per heavy atom. The van der Waals surface area contributed by atoms with E-state index in [0.717, 1.165) is 12.1 Å². The third kappa shape index (κ3) is 17.9. The van der Waals surface area contributed by atoms with Crippen LogP contribution < -0.4 is 41.3 Å². The molecule has 2 aliphatic heterocycles. The molecule has 4 heterocycles. The Bertz CT molecular complexity index is 3630. The number of piperidine rings is 2. The van der Waals surface area contributed by atoms with E-state index in [1.165, 1.54) is 24.3 Å². The fourth-order valence-corrected chi connectivity index (χ4v) is 11.0. The van der Waals surface area contributed by atoms with Gasteiger partial charge in [-0.25, -0.2) is 35.6 Å². The van der Waals surface area contributed by atoms with Crippen LogP contribution in [0.25, 0.3) is 0 Å². The van der Waals surface area contributed by atoms with Crippen molar-refractivity contribution in [1.29, 1.82) is 0 Å². The number of aryl methyl sites for hydroxylation is 2. The Labute approximate surface area is 531 Å². The maximum Gasteiger partial charge on any atom is 0.254 e. The van der Waals surface area contributed by atoms with Crippen LogP contribution in [0.4, 0.5) is 66.4 Å². The van der Waals surface area contributed by atoms with Crippen molar-refractivity contribution in [1.82, 2.24) is 40.4 Å². The van der Waals surface area contributed by atoms with Gasteiger partial charge in [0, 0.05) is 84.5 Å². The number of benzene rings is 4. The molecule has 2 aliphatic rings. The van der Waals surface area contributed by atoms with Gasteiger partial charge < -0.3 is 51.2 Å². The maximum atomic E-state index is 15.4. The molecule has 8 rings (SSSR count). The van der Waals surface area contributed by atoms with Crippen LogP contribution in [0, 0.1) is 25.5 Å². The molecule has 0 atom stereocenters. The number of aromatic nitrogens is 4. The zero-order valence-electron chi connectivity index (χ0n) is 50.8. The zero-order chi connectivity index (χ0) is 65.3. The average molecular weight is 1320 g/mol. The SMILES string of the molecule is Cc1cnc(Nc2ccc(C(=O)NC3CCN(C(=O)COCCOCC(=O)N4CCC(NC(=O)c5ccc(Nc6ncc(C)c(Nc7ccc(Cl)c(NS(=O)(=O)C(C)(C)C)c7)n6)cc5F)CC4)CC3)c(F)c2)nc1Nc1ccc(Cl)c(NS(=O)(=O)C(C)(C)C)c1. The summed E-state index contributed by atoms with van der Waals surface area (Å²) in [4.78, 5) is 73.1. The maximum absolute atomic E-state index is 15.4. The van der Waals surface area contributed by atoms with Gasteiger partial charge in [-0.1, -0.05) is 23.2 Å². The molecule has 482 valence electrons. The zero-order valence-corrected chi connectivity index (χ0v) is 54.0. The quantitative estimate of drug-likeness (QED) is 0.0277. The Kier molecular flexibility index (Phi) is 21.8. The highest BCUT2D eigenvalue weighted by atomic mass is 35.5. The van der Waals surface area contributed by atoms with E-state index in [9.17, 15) is 36.0 Å². The molecule has 0 bridgehead atoms. The van der Waals surface area contributed by atoms with E-state index in [4.69, 9.17) is 32.7 Å². The minimum atomic E-state index is -3.76. The lowest BCUT2D eigenvalue weighted by Gasteiger charge is -2.32. The molecule has 2 saturated heterocycles. The first-order chi connectivity index (χ1) is 42.4. The highest BCUT2D eigenvalue weighted by Crippen LogP contribution is 2.34. The number of hydrogen-bond donors (Lipinski definition) is 8. The monoisotopic (exact) mass is 1320 g/mol. The van der Waals surface area contributed by atoms with E-state index in [2.05, 4.69) is 61.3 Å². The van der Waals surface area contributed by atoms with Crippen LogP contribution >= 0.6 is 23.2 Å². The van der Waals surface area contributed by atoms with E-state index in [-0.39, 0.29) is 106 Å². The van der Waals surface area contributed by atoms with Gasteiger partial charge in [-0.2, -0.15) is 9.97 Å². The van der Waals surface area contributed by atoms with Gasteiger partial charge in [0.1, 0.15) is 36.5 Å². The van der Waals surface area contributed by atoms with Gasteiger partial charge in [0.05, 0.1) is 55.3 Å². The Hall–Kier alpha value is -8.02. The van der Waals surface area contributed by atoms with Crippen molar-refractivity contribution >= 4 is 125 Å². The molecule has 90 heavy (non-hydrogen) atoms. The lowest BCUT2D eigenvalue weighted by molar-refractivity contribution is -0.140. The first kappa shape index (κ1) is 67.9. The van der Waals surface area contributed by atoms with Crippen molar-refractivity contribution in [3.05, 3.63) is 129 Å². The number of rotatable bonds is 23. The summed E-state index contributed by atoms with van der Waals surface area (Å²) in [6, 6.07) is 16.9. The number of sulfonamides is 2. The predicted molar refractivity (Wildman–Crippen MR) is 343 cm³/mol. The van der Waals surface area contributed by atoms with Crippen LogP contribution in [-0.2, 0) is 39.1 Å². The van der Waals surface area contributed by atoms with Gasteiger partial charge in [-0.15, -0.1) is 0 Å². The third-order valence-electron chi connectivity index (χ3n) is 14.6. The van der Waals surface area contributed by atoms with Crippen LogP contribution in [0.3, 0.4) is 0 Å². The summed E-state index contributed by atoms with van der Waals surface area (Å²) in [7, 11) is -7.52. The Morgan fingerprint density at radius 3 is 1.23 bits per heavy atom. The normalized spacial score (nSPS) is 14.4. The first-order valence-electron chi connectivity index (χ1n) is 28.7. The minimum absolute atomic E-state index is 0.0565. The van der Waals surface area contributed by atoms with Crippen molar-refractivity contribution in [3.8, 4) is 0 Å². The molecule has 0 unspecified atom stereocenters. The van der Waals surface area contributed by atoms with Crippen LogP contribution in [0.1, 0.15) is 99.1 Å². The molecule has 8 N–H and O–H groups in total. The van der Waals surface area contributed by atoms with E-state index < -0.39 is 53.0 Å². The van der Waals surface area contributed by atoms with Crippen LogP contribution in [-0.4, -0.2) is 144 Å². The lowest BCUT2D eigenvalue weighted by atomic mass is 10.0. The number of halogens is 4. The van der Waals surface area contributed by atoms with E-state index in [1.54, 1.807) is 114 Å². The van der Waals surface area contributed by atoms with Gasteiger partial charge >= 0.3 is 0 Å². The number of likely N-dealkylation sites (tertiary alicyclic amines) is 2. The van der Waals surface area contributed by atoms with Crippen molar-refractivity contribution < 1.29 is 54.3 Å². The van der Waals surface area contributed by atoms with Crippen molar-refractivity contribution in [2.45, 2.75) is 103 Å². The molecule has 0 radical (unpaired) electrons. The number of hydrogen-bond acceptors (Lipinski definition) is 18. The number of carbonyl (C=O) groups is 4. The Balaban J connectivity index is 0.694. The summed E-state index contributed by atoms with van der Waals surface area (Å²) in [5.74, 6) is -2.29. The Morgan fingerprint density at radius 1 is 0.544 bits per heavy atom. The molecule has 0 saturated carbocycles. The molecular weight excluding hydrogens is 1250 g/mol. The molecule has 2 aromatic heterocycles. The topological polar surface area (TPSA) is 309 Å². The molecule has 2 fully saturated rings. The minimum Gasteiger partial charge on any atom is -0.369 e. The van der Waals surface area contributed by atoms with E-state index in [1.807, 2.05) is 0 Å². The second-order valence-electron chi connectivity index (χ2n) is 23.5. The van der Waals surface area contributed by atoms with Gasteiger partial charge in [-0.3, -0.25) is 28.6 Å².